The van der Waals surface area contributed by atoms with E-state index in [9.17, 15) is 9.59 Å². The van der Waals surface area contributed by atoms with Gasteiger partial charge < -0.3 is 15.5 Å². The number of hydrogen-bond acceptors (Lipinski definition) is 3. The minimum Gasteiger partial charge on any atom is -0.315 e. The van der Waals surface area contributed by atoms with E-state index in [2.05, 4.69) is 17.6 Å². The molecule has 0 atom stereocenters. The Labute approximate surface area is 224 Å². The molecule has 2 N–H and O–H groups in total. The van der Waals surface area contributed by atoms with E-state index in [0.717, 1.165) is 53.0 Å². The highest BCUT2D eigenvalue weighted by Crippen LogP contribution is 2.25. The zero-order valence-corrected chi connectivity index (χ0v) is 22.3. The fraction of sp³-hybridized carbons (Fsp3) is 0.258. The Morgan fingerprint density at radius 2 is 1.61 bits per heavy atom. The third-order valence-corrected chi connectivity index (χ3v) is 6.37. The zero-order valence-electron chi connectivity index (χ0n) is 22.3. The van der Waals surface area contributed by atoms with Crippen molar-refractivity contribution in [1.82, 2.24) is 14.7 Å². The van der Waals surface area contributed by atoms with Crippen LogP contribution in [0.25, 0.3) is 16.9 Å². The number of nitrogens with one attached hydrogen (secondary N) is 2. The maximum Gasteiger partial charge on any atom is 0.322 e. The van der Waals surface area contributed by atoms with Gasteiger partial charge in [-0.2, -0.15) is 5.10 Å². The Bertz CT molecular complexity index is 1360. The number of urea groups is 1. The number of carbonyl (C=O) groups excluding carboxylic acids is 2. The third-order valence-electron chi connectivity index (χ3n) is 6.37. The topological polar surface area (TPSA) is 79.3 Å². The summed E-state index contributed by atoms with van der Waals surface area (Å²) in [5.74, 6) is 0.262. The van der Waals surface area contributed by atoms with Crippen molar-refractivity contribution < 1.29 is 9.59 Å². The number of anilines is 2. The minimum absolute atomic E-state index is 0.0696. The minimum atomic E-state index is -0.286. The van der Waals surface area contributed by atoms with Crippen LogP contribution in [-0.2, 0) is 11.2 Å². The summed E-state index contributed by atoms with van der Waals surface area (Å²) >= 11 is 0. The Hall–Kier alpha value is -4.39. The number of benzene rings is 3. The molecule has 0 fully saturated rings. The average Bonchev–Trinajstić information content (AvgIpc) is 3.35. The fourth-order valence-corrected chi connectivity index (χ4v) is 4.20. The molecule has 4 rings (SSSR count). The van der Waals surface area contributed by atoms with Gasteiger partial charge in [0.1, 0.15) is 12.4 Å². The first-order valence-electron chi connectivity index (χ1n) is 13.1. The molecule has 0 bridgehead atoms. The lowest BCUT2D eigenvalue weighted by Crippen LogP contribution is -2.41. The molecule has 0 saturated carbocycles. The molecule has 7 nitrogen and oxygen atoms in total. The van der Waals surface area contributed by atoms with Crippen LogP contribution in [-0.4, -0.2) is 39.7 Å². The molecule has 196 valence electrons. The molecule has 0 aliphatic carbocycles. The van der Waals surface area contributed by atoms with Gasteiger partial charge in [0.25, 0.3) is 0 Å². The van der Waals surface area contributed by atoms with E-state index in [4.69, 9.17) is 5.10 Å². The molecule has 0 saturated heterocycles. The van der Waals surface area contributed by atoms with E-state index in [1.54, 1.807) is 9.58 Å². The quantitative estimate of drug-likeness (QED) is 0.250. The molecule has 1 aromatic heterocycles. The number of aromatic nitrogens is 2. The zero-order chi connectivity index (χ0) is 26.9. The molecule has 0 radical (unpaired) electrons. The van der Waals surface area contributed by atoms with Crippen molar-refractivity contribution in [3.63, 3.8) is 0 Å². The van der Waals surface area contributed by atoms with Crippen LogP contribution in [0, 0.1) is 6.92 Å². The lowest BCUT2D eigenvalue weighted by atomic mass is 10.1. The van der Waals surface area contributed by atoms with Crippen LogP contribution in [0.4, 0.5) is 16.3 Å². The van der Waals surface area contributed by atoms with Gasteiger partial charge in [-0.25, -0.2) is 9.48 Å². The van der Waals surface area contributed by atoms with Gasteiger partial charge in [-0.15, -0.1) is 0 Å². The van der Waals surface area contributed by atoms with Gasteiger partial charge in [0, 0.05) is 23.9 Å². The van der Waals surface area contributed by atoms with Gasteiger partial charge in [-0.3, -0.25) is 4.79 Å². The normalized spacial score (nSPS) is 10.7. The molecule has 7 heteroatoms. The number of rotatable bonds is 10. The van der Waals surface area contributed by atoms with Crippen molar-refractivity contribution in [2.75, 3.05) is 23.7 Å². The van der Waals surface area contributed by atoms with Crippen molar-refractivity contribution in [2.45, 2.75) is 40.0 Å². The van der Waals surface area contributed by atoms with Crippen LogP contribution in [0.5, 0.6) is 0 Å². The molecule has 3 amide bonds. The largest absolute Gasteiger partial charge is 0.322 e. The molecule has 38 heavy (non-hydrogen) atoms. The standard InChI is InChI=1S/C31H35N5O2/c1-4-6-20-35(31(38)32-27-15-11-10-12-24(27)5-2)22-30(37)33-29-21-28(25-13-8-7-9-14-25)34-36(29)26-18-16-23(3)17-19-26/h7-19,21H,4-6,20,22H2,1-3H3,(H,32,38)(H,33,37). The van der Waals surface area contributed by atoms with Gasteiger partial charge in [0.2, 0.25) is 5.91 Å². The van der Waals surface area contributed by atoms with E-state index in [1.807, 2.05) is 98.8 Å². The van der Waals surface area contributed by atoms with Crippen LogP contribution in [0.3, 0.4) is 0 Å². The van der Waals surface area contributed by atoms with Crippen molar-refractivity contribution in [1.29, 1.82) is 0 Å². The van der Waals surface area contributed by atoms with Crippen molar-refractivity contribution >= 4 is 23.4 Å². The number of unbranched alkanes of at least 4 members (excludes halogenated alkanes) is 1. The number of carbonyl (C=O) groups is 2. The molecule has 1 heterocycles. The van der Waals surface area contributed by atoms with E-state index < -0.39 is 0 Å². The molecular formula is C31H35N5O2. The van der Waals surface area contributed by atoms with Crippen LogP contribution < -0.4 is 10.6 Å². The van der Waals surface area contributed by atoms with Crippen LogP contribution in [0.1, 0.15) is 37.8 Å². The second kappa shape index (κ2) is 12.7. The lowest BCUT2D eigenvalue weighted by molar-refractivity contribution is -0.116. The summed E-state index contributed by atoms with van der Waals surface area (Å²) in [6.07, 6.45) is 2.52. The van der Waals surface area contributed by atoms with E-state index in [-0.39, 0.29) is 18.5 Å². The summed E-state index contributed by atoms with van der Waals surface area (Å²) in [6, 6.07) is 27.1. The van der Waals surface area contributed by atoms with E-state index in [1.165, 1.54) is 0 Å². The van der Waals surface area contributed by atoms with Gasteiger partial charge in [-0.05, 0) is 43.5 Å². The maximum absolute atomic E-state index is 13.3. The molecule has 4 aromatic rings. The van der Waals surface area contributed by atoms with E-state index >= 15 is 0 Å². The highest BCUT2D eigenvalue weighted by atomic mass is 16.2. The van der Waals surface area contributed by atoms with Crippen molar-refractivity contribution in [3.05, 3.63) is 96.1 Å². The average molecular weight is 510 g/mol. The summed E-state index contributed by atoms with van der Waals surface area (Å²) in [7, 11) is 0. The SMILES string of the molecule is CCCCN(CC(=O)Nc1cc(-c2ccccc2)nn1-c1ccc(C)cc1)C(=O)Nc1ccccc1CC. The van der Waals surface area contributed by atoms with Gasteiger partial charge >= 0.3 is 6.03 Å². The fourth-order valence-electron chi connectivity index (χ4n) is 4.20. The lowest BCUT2D eigenvalue weighted by Gasteiger charge is -2.23. The van der Waals surface area contributed by atoms with Crippen LogP contribution >= 0.6 is 0 Å². The smallest absolute Gasteiger partial charge is 0.315 e. The van der Waals surface area contributed by atoms with Gasteiger partial charge in [0.15, 0.2) is 0 Å². The molecule has 3 aromatic carbocycles. The number of hydrogen-bond donors (Lipinski definition) is 2. The predicted molar refractivity (Wildman–Crippen MR) is 154 cm³/mol. The van der Waals surface area contributed by atoms with Crippen LogP contribution in [0.2, 0.25) is 0 Å². The second-order valence-electron chi connectivity index (χ2n) is 9.29. The molecule has 0 spiro atoms. The first-order chi connectivity index (χ1) is 18.5. The Kier molecular flexibility index (Phi) is 8.93. The summed E-state index contributed by atoms with van der Waals surface area (Å²) in [4.78, 5) is 28.0. The second-order valence-corrected chi connectivity index (χ2v) is 9.29. The van der Waals surface area contributed by atoms with Crippen LogP contribution in [0.15, 0.2) is 84.9 Å². The molecular weight excluding hydrogens is 474 g/mol. The monoisotopic (exact) mass is 509 g/mol. The predicted octanol–water partition coefficient (Wildman–Crippen LogP) is 6.68. The molecule has 0 aliphatic rings. The molecule has 0 aliphatic heterocycles. The highest BCUT2D eigenvalue weighted by molar-refractivity contribution is 5.97. The Balaban J connectivity index is 1.56. The summed E-state index contributed by atoms with van der Waals surface area (Å²) < 4.78 is 1.73. The maximum atomic E-state index is 13.3. The number of nitrogens with zero attached hydrogens (tertiary/aromatic N) is 3. The first-order valence-corrected chi connectivity index (χ1v) is 13.1. The Morgan fingerprint density at radius 3 is 2.32 bits per heavy atom. The summed E-state index contributed by atoms with van der Waals surface area (Å²) in [6.45, 7) is 6.55. The van der Waals surface area contributed by atoms with Gasteiger partial charge in [0.05, 0.1) is 11.4 Å². The number of aryl methyl sites for hydroxylation is 2. The summed E-state index contributed by atoms with van der Waals surface area (Å²) in [5.41, 5.74) is 5.50. The third kappa shape index (κ3) is 6.68. The van der Waals surface area contributed by atoms with Crippen molar-refractivity contribution in [2.24, 2.45) is 0 Å². The van der Waals surface area contributed by atoms with Gasteiger partial charge in [-0.1, -0.05) is 86.5 Å². The first kappa shape index (κ1) is 26.7. The highest BCUT2D eigenvalue weighted by Gasteiger charge is 2.20. The number of amides is 3. The van der Waals surface area contributed by atoms with E-state index in [0.29, 0.717) is 12.4 Å². The Morgan fingerprint density at radius 1 is 0.895 bits per heavy atom. The van der Waals surface area contributed by atoms with Crippen molar-refractivity contribution in [3.8, 4) is 16.9 Å². The summed E-state index contributed by atoms with van der Waals surface area (Å²) in [5, 5.41) is 10.8. The number of para-hydroxylation sites is 1. The molecule has 0 unspecified atom stereocenters.